The maximum absolute atomic E-state index is 13.0. The first-order chi connectivity index (χ1) is 11.7. The molecule has 128 valence electrons. The van der Waals surface area contributed by atoms with Crippen LogP contribution >= 0.6 is 0 Å². The van der Waals surface area contributed by atoms with Gasteiger partial charge in [-0.15, -0.1) is 0 Å². The maximum Gasteiger partial charge on any atom is 0.249 e. The van der Waals surface area contributed by atoms with E-state index < -0.39 is 0 Å². The maximum atomic E-state index is 13.0. The SMILES string of the molecule is CCOCC(=O)N1CCC[C@@H]1c1ncc(Cc2ccc(F)cc2)o1. The molecule has 0 N–H and O–H groups in total. The Kier molecular flexibility index (Phi) is 5.25. The minimum absolute atomic E-state index is 0.0300. The second kappa shape index (κ2) is 7.57. The molecular weight excluding hydrogens is 311 g/mol. The van der Waals surface area contributed by atoms with E-state index in [1.54, 1.807) is 23.2 Å². The van der Waals surface area contributed by atoms with Gasteiger partial charge in [-0.25, -0.2) is 9.37 Å². The second-order valence-electron chi connectivity index (χ2n) is 5.85. The van der Waals surface area contributed by atoms with Gasteiger partial charge in [-0.3, -0.25) is 4.79 Å². The number of benzene rings is 1. The number of amides is 1. The van der Waals surface area contributed by atoms with E-state index >= 15 is 0 Å². The number of halogens is 1. The molecule has 0 aliphatic carbocycles. The molecule has 1 fully saturated rings. The molecule has 1 aromatic heterocycles. The topological polar surface area (TPSA) is 55.6 Å². The van der Waals surface area contributed by atoms with Gasteiger partial charge in [-0.1, -0.05) is 12.1 Å². The van der Waals surface area contributed by atoms with Crippen LogP contribution in [0.3, 0.4) is 0 Å². The lowest BCUT2D eigenvalue weighted by Gasteiger charge is -2.22. The van der Waals surface area contributed by atoms with Gasteiger partial charge in [0.15, 0.2) is 0 Å². The summed E-state index contributed by atoms with van der Waals surface area (Å²) in [7, 11) is 0. The highest BCUT2D eigenvalue weighted by molar-refractivity contribution is 5.78. The molecule has 1 saturated heterocycles. The number of rotatable bonds is 6. The van der Waals surface area contributed by atoms with Crippen LogP contribution in [0.5, 0.6) is 0 Å². The minimum Gasteiger partial charge on any atom is -0.443 e. The first-order valence-electron chi connectivity index (χ1n) is 8.23. The zero-order valence-corrected chi connectivity index (χ0v) is 13.7. The summed E-state index contributed by atoms with van der Waals surface area (Å²) in [5.74, 6) is 0.985. The first kappa shape index (κ1) is 16.6. The molecule has 3 rings (SSSR count). The molecule has 1 aliphatic heterocycles. The molecule has 2 aromatic rings. The van der Waals surface area contributed by atoms with E-state index in [1.165, 1.54) is 12.1 Å². The molecule has 6 heteroatoms. The highest BCUT2D eigenvalue weighted by Gasteiger charge is 2.33. The molecule has 0 spiro atoms. The molecule has 24 heavy (non-hydrogen) atoms. The van der Waals surface area contributed by atoms with Crippen LogP contribution in [-0.4, -0.2) is 35.5 Å². The summed E-state index contributed by atoms with van der Waals surface area (Å²) in [6.45, 7) is 3.18. The third-order valence-corrected chi connectivity index (χ3v) is 4.15. The van der Waals surface area contributed by atoms with Crippen LogP contribution < -0.4 is 0 Å². The predicted molar refractivity (Wildman–Crippen MR) is 85.9 cm³/mol. The van der Waals surface area contributed by atoms with Crippen molar-refractivity contribution in [1.29, 1.82) is 0 Å². The van der Waals surface area contributed by atoms with Crippen molar-refractivity contribution in [2.75, 3.05) is 19.8 Å². The third-order valence-electron chi connectivity index (χ3n) is 4.15. The fraction of sp³-hybridized carbons (Fsp3) is 0.444. The smallest absolute Gasteiger partial charge is 0.249 e. The Labute approximate surface area is 140 Å². The van der Waals surface area contributed by atoms with Crippen LogP contribution in [0, 0.1) is 5.82 Å². The van der Waals surface area contributed by atoms with E-state index in [0.717, 1.165) is 18.4 Å². The van der Waals surface area contributed by atoms with E-state index in [2.05, 4.69) is 4.98 Å². The van der Waals surface area contributed by atoms with Gasteiger partial charge in [0.25, 0.3) is 0 Å². The van der Waals surface area contributed by atoms with Crippen molar-refractivity contribution in [3.8, 4) is 0 Å². The minimum atomic E-state index is -0.258. The highest BCUT2D eigenvalue weighted by atomic mass is 19.1. The lowest BCUT2D eigenvalue weighted by atomic mass is 10.1. The average molecular weight is 332 g/mol. The van der Waals surface area contributed by atoms with Gasteiger partial charge in [0.2, 0.25) is 11.8 Å². The summed E-state index contributed by atoms with van der Waals surface area (Å²) in [5.41, 5.74) is 0.954. The lowest BCUT2D eigenvalue weighted by Crippen LogP contribution is -2.33. The summed E-state index contributed by atoms with van der Waals surface area (Å²) in [6, 6.07) is 6.19. The summed E-state index contributed by atoms with van der Waals surface area (Å²) >= 11 is 0. The van der Waals surface area contributed by atoms with Crippen molar-refractivity contribution < 1.29 is 18.3 Å². The van der Waals surface area contributed by atoms with E-state index in [4.69, 9.17) is 9.15 Å². The molecule has 1 aliphatic rings. The number of aromatic nitrogens is 1. The monoisotopic (exact) mass is 332 g/mol. The standard InChI is InChI=1S/C18H21FN2O3/c1-2-23-12-17(22)21-9-3-4-16(21)18-20-11-15(24-18)10-13-5-7-14(19)8-6-13/h5-8,11,16H,2-4,9-10,12H2,1H3/t16-/m1/s1. The number of likely N-dealkylation sites (tertiary alicyclic amines) is 1. The normalized spacial score (nSPS) is 17.4. The molecule has 1 atom stereocenters. The van der Waals surface area contributed by atoms with Crippen molar-refractivity contribution in [1.82, 2.24) is 9.88 Å². The zero-order valence-electron chi connectivity index (χ0n) is 13.7. The molecular formula is C18H21FN2O3. The van der Waals surface area contributed by atoms with Crippen LogP contribution in [0.2, 0.25) is 0 Å². The van der Waals surface area contributed by atoms with Gasteiger partial charge in [-0.05, 0) is 37.5 Å². The summed E-state index contributed by atoms with van der Waals surface area (Å²) in [6.07, 6.45) is 4.00. The number of oxazole rings is 1. The van der Waals surface area contributed by atoms with Crippen molar-refractivity contribution >= 4 is 5.91 Å². The van der Waals surface area contributed by atoms with Crippen LogP contribution in [0.25, 0.3) is 0 Å². The molecule has 5 nitrogen and oxygen atoms in total. The molecule has 1 amide bonds. The number of nitrogens with zero attached hydrogens (tertiary/aromatic N) is 2. The summed E-state index contributed by atoms with van der Waals surface area (Å²) < 4.78 is 24.0. The zero-order chi connectivity index (χ0) is 16.9. The van der Waals surface area contributed by atoms with Crippen LogP contribution in [-0.2, 0) is 16.0 Å². The van der Waals surface area contributed by atoms with Crippen molar-refractivity contribution in [3.05, 3.63) is 53.5 Å². The van der Waals surface area contributed by atoms with Gasteiger partial charge in [0, 0.05) is 19.6 Å². The average Bonchev–Trinajstić information content (AvgIpc) is 3.23. The van der Waals surface area contributed by atoms with E-state index in [9.17, 15) is 9.18 Å². The largest absolute Gasteiger partial charge is 0.443 e. The Balaban J connectivity index is 1.67. The molecule has 0 unspecified atom stereocenters. The Bertz CT molecular complexity index is 684. The quantitative estimate of drug-likeness (QED) is 0.816. The van der Waals surface area contributed by atoms with Gasteiger partial charge in [-0.2, -0.15) is 0 Å². The molecule has 0 saturated carbocycles. The Morgan fingerprint density at radius 1 is 1.42 bits per heavy atom. The Morgan fingerprint density at radius 2 is 2.21 bits per heavy atom. The molecule has 0 radical (unpaired) electrons. The van der Waals surface area contributed by atoms with Crippen molar-refractivity contribution in [2.24, 2.45) is 0 Å². The van der Waals surface area contributed by atoms with E-state index in [0.29, 0.717) is 31.2 Å². The molecule has 1 aromatic carbocycles. The number of hydrogen-bond acceptors (Lipinski definition) is 4. The van der Waals surface area contributed by atoms with E-state index in [-0.39, 0.29) is 24.4 Å². The first-order valence-corrected chi connectivity index (χ1v) is 8.23. The van der Waals surface area contributed by atoms with Gasteiger partial charge >= 0.3 is 0 Å². The number of carbonyl (C=O) groups excluding carboxylic acids is 1. The predicted octanol–water partition coefficient (Wildman–Crippen LogP) is 3.10. The fourth-order valence-corrected chi connectivity index (χ4v) is 2.96. The van der Waals surface area contributed by atoms with Crippen molar-refractivity contribution in [2.45, 2.75) is 32.2 Å². The third kappa shape index (κ3) is 3.82. The van der Waals surface area contributed by atoms with Gasteiger partial charge in [0.1, 0.15) is 24.2 Å². The molecule has 2 heterocycles. The molecule has 0 bridgehead atoms. The van der Waals surface area contributed by atoms with Crippen LogP contribution in [0.15, 0.2) is 34.9 Å². The highest BCUT2D eigenvalue weighted by Crippen LogP contribution is 2.32. The van der Waals surface area contributed by atoms with Crippen LogP contribution in [0.1, 0.15) is 43.0 Å². The van der Waals surface area contributed by atoms with E-state index in [1.807, 2.05) is 6.92 Å². The Hall–Kier alpha value is -2.21. The second-order valence-corrected chi connectivity index (χ2v) is 5.85. The summed E-state index contributed by atoms with van der Waals surface area (Å²) in [4.78, 5) is 18.3. The van der Waals surface area contributed by atoms with Gasteiger partial charge in [0.05, 0.1) is 6.20 Å². The fourth-order valence-electron chi connectivity index (χ4n) is 2.96. The van der Waals surface area contributed by atoms with Crippen LogP contribution in [0.4, 0.5) is 4.39 Å². The number of carbonyl (C=O) groups is 1. The van der Waals surface area contributed by atoms with Gasteiger partial charge < -0.3 is 14.1 Å². The Morgan fingerprint density at radius 3 is 2.96 bits per heavy atom. The van der Waals surface area contributed by atoms with Crippen molar-refractivity contribution in [3.63, 3.8) is 0 Å². The lowest BCUT2D eigenvalue weighted by molar-refractivity contribution is -0.137. The number of ether oxygens (including phenoxy) is 1. The number of hydrogen-bond donors (Lipinski definition) is 0. The summed E-state index contributed by atoms with van der Waals surface area (Å²) in [5, 5.41) is 0.